The van der Waals surface area contributed by atoms with Gasteiger partial charge in [-0.25, -0.2) is 14.2 Å². The number of carbonyl (C=O) groups is 1. The molecule has 1 aromatic heterocycles. The van der Waals surface area contributed by atoms with Crippen LogP contribution >= 0.6 is 11.3 Å². The van der Waals surface area contributed by atoms with E-state index in [9.17, 15) is 14.0 Å². The minimum atomic E-state index is -0.818. The molecule has 0 bridgehead atoms. The molecule has 228 valence electrons. The van der Waals surface area contributed by atoms with E-state index in [1.54, 1.807) is 56.3 Å². The molecular weight excluding hydrogens is 583 g/mol. The van der Waals surface area contributed by atoms with E-state index in [0.717, 1.165) is 0 Å². The van der Waals surface area contributed by atoms with Gasteiger partial charge in [-0.05, 0) is 63.6 Å². The van der Waals surface area contributed by atoms with Crippen LogP contribution in [0, 0.1) is 5.82 Å². The highest BCUT2D eigenvalue weighted by atomic mass is 32.1. The van der Waals surface area contributed by atoms with E-state index < -0.39 is 12.0 Å². The van der Waals surface area contributed by atoms with Crippen molar-refractivity contribution in [3.63, 3.8) is 0 Å². The summed E-state index contributed by atoms with van der Waals surface area (Å²) in [5.74, 6) is 0.598. The Bertz CT molecular complexity index is 1910. The summed E-state index contributed by atoms with van der Waals surface area (Å²) in [5, 5.41) is 0. The van der Waals surface area contributed by atoms with Crippen LogP contribution in [0.5, 0.6) is 17.2 Å². The second-order valence-electron chi connectivity index (χ2n) is 10.3. The number of halogens is 1. The number of hydrogen-bond donors (Lipinski definition) is 0. The number of para-hydroxylation sites is 1. The summed E-state index contributed by atoms with van der Waals surface area (Å²) in [6.45, 7) is 7.49. The molecule has 0 aliphatic carbocycles. The smallest absolute Gasteiger partial charge is 0.338 e. The summed E-state index contributed by atoms with van der Waals surface area (Å²) in [4.78, 5) is 32.5. The molecule has 4 aromatic rings. The Balaban J connectivity index is 1.62. The molecule has 0 radical (unpaired) electrons. The Labute approximate surface area is 258 Å². The first-order chi connectivity index (χ1) is 21.2. The van der Waals surface area contributed by atoms with Gasteiger partial charge in [0.15, 0.2) is 16.3 Å². The van der Waals surface area contributed by atoms with Crippen LogP contribution in [0.2, 0.25) is 0 Å². The van der Waals surface area contributed by atoms with E-state index in [2.05, 4.69) is 4.99 Å². The quantitative estimate of drug-likeness (QED) is 0.225. The molecule has 8 nitrogen and oxygen atoms in total. The van der Waals surface area contributed by atoms with Gasteiger partial charge in [-0.15, -0.1) is 0 Å². The van der Waals surface area contributed by atoms with Crippen LogP contribution in [0.3, 0.4) is 0 Å². The fraction of sp³-hybridized carbons (Fsp3) is 0.265. The number of esters is 1. The average Bonchev–Trinajstić information content (AvgIpc) is 3.30. The van der Waals surface area contributed by atoms with Crippen LogP contribution in [0.15, 0.2) is 87.8 Å². The molecule has 3 aromatic carbocycles. The normalized spacial score (nSPS) is 14.7. The molecule has 0 unspecified atom stereocenters. The van der Waals surface area contributed by atoms with Gasteiger partial charge in [-0.3, -0.25) is 9.36 Å². The lowest BCUT2D eigenvalue weighted by Crippen LogP contribution is -2.40. The van der Waals surface area contributed by atoms with Gasteiger partial charge in [0.05, 0.1) is 41.7 Å². The first-order valence-electron chi connectivity index (χ1n) is 14.2. The fourth-order valence-electron chi connectivity index (χ4n) is 4.96. The topological polar surface area (TPSA) is 88.4 Å². The summed E-state index contributed by atoms with van der Waals surface area (Å²) >= 11 is 1.20. The molecule has 44 heavy (non-hydrogen) atoms. The number of carbonyl (C=O) groups excluding carboxylic acids is 1. The lowest BCUT2D eigenvalue weighted by molar-refractivity contribution is -0.139. The van der Waals surface area contributed by atoms with Gasteiger partial charge in [-0.2, -0.15) is 0 Å². The van der Waals surface area contributed by atoms with Gasteiger partial charge in [0.25, 0.3) is 5.56 Å². The second kappa shape index (κ2) is 13.3. The zero-order valence-electron chi connectivity index (χ0n) is 25.1. The third-order valence-corrected chi connectivity index (χ3v) is 7.91. The first-order valence-corrected chi connectivity index (χ1v) is 15.0. The number of rotatable bonds is 10. The highest BCUT2D eigenvalue weighted by Gasteiger charge is 2.34. The second-order valence-corrected chi connectivity index (χ2v) is 11.3. The molecule has 5 rings (SSSR count). The van der Waals surface area contributed by atoms with Crippen molar-refractivity contribution in [1.82, 2.24) is 4.57 Å². The molecule has 0 fully saturated rings. The molecule has 10 heteroatoms. The largest absolute Gasteiger partial charge is 0.493 e. The molecule has 0 spiro atoms. The maximum absolute atomic E-state index is 14.2. The van der Waals surface area contributed by atoms with Gasteiger partial charge in [-0.1, -0.05) is 53.8 Å². The number of fused-ring (bicyclic) bond motifs is 1. The zero-order valence-corrected chi connectivity index (χ0v) is 25.9. The van der Waals surface area contributed by atoms with Crippen LogP contribution in [-0.4, -0.2) is 30.4 Å². The molecule has 0 saturated heterocycles. The van der Waals surface area contributed by atoms with Crippen molar-refractivity contribution >= 4 is 23.4 Å². The number of nitrogens with zero attached hydrogens (tertiary/aromatic N) is 2. The van der Waals surface area contributed by atoms with Crippen LogP contribution in [0.4, 0.5) is 4.39 Å². The molecule has 0 N–H and O–H groups in total. The van der Waals surface area contributed by atoms with Gasteiger partial charge >= 0.3 is 5.97 Å². The number of thiazole rings is 1. The van der Waals surface area contributed by atoms with Crippen molar-refractivity contribution < 1.29 is 28.1 Å². The minimum Gasteiger partial charge on any atom is -0.493 e. The number of benzene rings is 3. The first kappa shape index (κ1) is 30.7. The Morgan fingerprint density at radius 2 is 1.82 bits per heavy atom. The van der Waals surface area contributed by atoms with Crippen molar-refractivity contribution in [2.75, 3.05) is 13.7 Å². The van der Waals surface area contributed by atoms with E-state index in [4.69, 9.17) is 18.9 Å². The standard InChI is InChI=1S/C34H33FN2O6S/c1-6-41-33(39)30-21(4)36-34-37(31(30)23-15-16-27(43-20(2)3)28(17-23)40-5)32(38)29(44-34)18-22-11-8-10-14-26(22)42-19-24-12-7-9-13-25(24)35/h7-18,20,31H,6,19H2,1-5H3/b29-18-/t31-/m1/s1. The third-order valence-electron chi connectivity index (χ3n) is 6.93. The predicted molar refractivity (Wildman–Crippen MR) is 166 cm³/mol. The number of methoxy groups -OCH3 is 1. The van der Waals surface area contributed by atoms with Crippen LogP contribution in [-0.2, 0) is 16.1 Å². The Morgan fingerprint density at radius 3 is 2.55 bits per heavy atom. The molecule has 1 aliphatic rings. The molecule has 0 saturated carbocycles. The van der Waals surface area contributed by atoms with E-state index in [1.165, 1.54) is 29.1 Å². The SMILES string of the molecule is CCOC(=O)C1=C(C)N=c2s/c(=C\c3ccccc3OCc3ccccc3F)c(=O)n2[C@@H]1c1ccc(OC(C)C)c(OC)c1. The van der Waals surface area contributed by atoms with Crippen LogP contribution in [0.25, 0.3) is 6.08 Å². The lowest BCUT2D eigenvalue weighted by Gasteiger charge is -2.25. The minimum absolute atomic E-state index is 0.0270. The van der Waals surface area contributed by atoms with Gasteiger partial charge in [0.2, 0.25) is 0 Å². The van der Waals surface area contributed by atoms with Crippen LogP contribution in [0.1, 0.15) is 50.4 Å². The summed E-state index contributed by atoms with van der Waals surface area (Å²) in [6, 6.07) is 18.2. The van der Waals surface area contributed by atoms with Crippen LogP contribution < -0.4 is 29.1 Å². The number of aromatic nitrogens is 1. The molecule has 1 aliphatic heterocycles. The third kappa shape index (κ3) is 6.30. The number of hydrogen-bond acceptors (Lipinski definition) is 8. The highest BCUT2D eigenvalue weighted by Crippen LogP contribution is 2.36. The average molecular weight is 617 g/mol. The van der Waals surface area contributed by atoms with Crippen molar-refractivity contribution in [3.05, 3.63) is 120 Å². The monoisotopic (exact) mass is 616 g/mol. The van der Waals surface area contributed by atoms with Gasteiger partial charge < -0.3 is 18.9 Å². The van der Waals surface area contributed by atoms with E-state index in [-0.39, 0.29) is 36.3 Å². The molecule has 2 heterocycles. The lowest BCUT2D eigenvalue weighted by atomic mass is 9.95. The van der Waals surface area contributed by atoms with Crippen molar-refractivity contribution in [1.29, 1.82) is 0 Å². The van der Waals surface area contributed by atoms with E-state index in [1.807, 2.05) is 38.1 Å². The van der Waals surface area contributed by atoms with E-state index >= 15 is 0 Å². The van der Waals surface area contributed by atoms with Crippen molar-refractivity contribution in [2.45, 2.75) is 46.4 Å². The number of allylic oxidation sites excluding steroid dienone is 1. The maximum Gasteiger partial charge on any atom is 0.338 e. The van der Waals surface area contributed by atoms with Crippen molar-refractivity contribution in [2.24, 2.45) is 4.99 Å². The predicted octanol–water partition coefficient (Wildman–Crippen LogP) is 5.31. The zero-order chi connectivity index (χ0) is 31.4. The van der Waals surface area contributed by atoms with Gasteiger partial charge in [0, 0.05) is 11.1 Å². The Hall–Kier alpha value is -4.70. The summed E-state index contributed by atoms with van der Waals surface area (Å²) in [7, 11) is 1.54. The molecule has 1 atom stereocenters. The summed E-state index contributed by atoms with van der Waals surface area (Å²) in [5.41, 5.74) is 2.08. The van der Waals surface area contributed by atoms with Crippen molar-refractivity contribution in [3.8, 4) is 17.2 Å². The van der Waals surface area contributed by atoms with E-state index in [0.29, 0.717) is 49.0 Å². The fourth-order valence-corrected chi connectivity index (χ4v) is 5.99. The Kier molecular flexibility index (Phi) is 9.29. The molecule has 0 amide bonds. The maximum atomic E-state index is 14.2. The highest BCUT2D eigenvalue weighted by molar-refractivity contribution is 7.07. The summed E-state index contributed by atoms with van der Waals surface area (Å²) < 4.78 is 39.0. The summed E-state index contributed by atoms with van der Waals surface area (Å²) in [6.07, 6.45) is 1.64. The Morgan fingerprint density at radius 1 is 1.07 bits per heavy atom. The van der Waals surface area contributed by atoms with Gasteiger partial charge in [0.1, 0.15) is 18.2 Å². The number of ether oxygens (including phenoxy) is 4. The molecular formula is C34H33FN2O6S.